The van der Waals surface area contributed by atoms with Gasteiger partial charge in [-0.3, -0.25) is 9.69 Å². The summed E-state index contributed by atoms with van der Waals surface area (Å²) >= 11 is 0. The van der Waals surface area contributed by atoms with Crippen molar-refractivity contribution in [3.63, 3.8) is 0 Å². The van der Waals surface area contributed by atoms with E-state index in [-0.39, 0.29) is 23.5 Å². The van der Waals surface area contributed by atoms with E-state index in [0.29, 0.717) is 12.2 Å². The Morgan fingerprint density at radius 1 is 1.24 bits per heavy atom. The second-order valence-electron chi connectivity index (χ2n) is 6.20. The molecule has 3 rings (SSSR count). The van der Waals surface area contributed by atoms with Crippen LogP contribution in [0.2, 0.25) is 0 Å². The molecule has 0 fully saturated rings. The lowest BCUT2D eigenvalue weighted by Gasteiger charge is -2.31. The summed E-state index contributed by atoms with van der Waals surface area (Å²) < 4.78 is 13.2. The van der Waals surface area contributed by atoms with Gasteiger partial charge in [0.05, 0.1) is 6.04 Å². The first-order valence-electron chi connectivity index (χ1n) is 8.32. The molecule has 4 nitrogen and oxygen atoms in total. The maximum Gasteiger partial charge on any atom is 0.241 e. The second-order valence-corrected chi connectivity index (χ2v) is 6.20. The van der Waals surface area contributed by atoms with Crippen LogP contribution in [-0.4, -0.2) is 35.0 Å². The van der Waals surface area contributed by atoms with Crippen molar-refractivity contribution in [1.29, 1.82) is 0 Å². The van der Waals surface area contributed by atoms with Crippen molar-refractivity contribution >= 4 is 17.2 Å². The molecule has 2 aromatic carbocycles. The lowest BCUT2D eigenvalue weighted by atomic mass is 9.98. The zero-order chi connectivity index (χ0) is 17.8. The van der Waals surface area contributed by atoms with Gasteiger partial charge in [0.1, 0.15) is 11.6 Å². The van der Waals surface area contributed by atoms with E-state index in [0.717, 1.165) is 18.5 Å². The molecule has 2 aromatic rings. The van der Waals surface area contributed by atoms with Crippen LogP contribution in [0.3, 0.4) is 0 Å². The van der Waals surface area contributed by atoms with E-state index in [1.54, 1.807) is 24.3 Å². The first-order chi connectivity index (χ1) is 12.0. The number of carbonyl (C=O) groups is 1. The second kappa shape index (κ2) is 7.49. The van der Waals surface area contributed by atoms with Gasteiger partial charge in [0.15, 0.2) is 0 Å². The largest absolute Gasteiger partial charge is 0.508 e. The molecule has 130 valence electrons. The number of hydrogen-bond donors (Lipinski definition) is 2. The highest BCUT2D eigenvalue weighted by atomic mass is 19.1. The van der Waals surface area contributed by atoms with Gasteiger partial charge in [0.2, 0.25) is 5.91 Å². The highest BCUT2D eigenvalue weighted by Crippen LogP contribution is 2.25. The first kappa shape index (κ1) is 17.2. The molecule has 0 radical (unpaired) electrons. The van der Waals surface area contributed by atoms with E-state index in [1.807, 2.05) is 19.1 Å². The van der Waals surface area contributed by atoms with Crippen LogP contribution in [0, 0.1) is 5.82 Å². The Bertz CT molecular complexity index is 787. The topological polar surface area (TPSA) is 52.6 Å². The number of benzene rings is 2. The third-order valence-electron chi connectivity index (χ3n) is 4.50. The summed E-state index contributed by atoms with van der Waals surface area (Å²) in [6.45, 7) is 3.30. The number of hydrogen-bond acceptors (Lipinski definition) is 3. The molecule has 5 heteroatoms. The number of nitrogens with zero attached hydrogens (tertiary/aromatic N) is 1. The van der Waals surface area contributed by atoms with E-state index in [4.69, 9.17) is 0 Å². The fourth-order valence-corrected chi connectivity index (χ4v) is 2.95. The number of phenols is 1. The Morgan fingerprint density at radius 3 is 2.64 bits per heavy atom. The molecule has 25 heavy (non-hydrogen) atoms. The predicted octanol–water partition coefficient (Wildman–Crippen LogP) is 3.65. The number of amides is 1. The Labute approximate surface area is 146 Å². The maximum atomic E-state index is 13.2. The van der Waals surface area contributed by atoms with Gasteiger partial charge < -0.3 is 10.4 Å². The van der Waals surface area contributed by atoms with Gasteiger partial charge in [-0.25, -0.2) is 4.39 Å². The smallest absolute Gasteiger partial charge is 0.241 e. The summed E-state index contributed by atoms with van der Waals surface area (Å²) in [5, 5.41) is 12.1. The average Bonchev–Trinajstić information content (AvgIpc) is 2.62. The van der Waals surface area contributed by atoms with E-state index < -0.39 is 0 Å². The highest BCUT2D eigenvalue weighted by molar-refractivity contribution is 5.94. The summed E-state index contributed by atoms with van der Waals surface area (Å²) in [7, 11) is 0. The van der Waals surface area contributed by atoms with Crippen LogP contribution in [0.15, 0.2) is 54.6 Å². The van der Waals surface area contributed by atoms with Crippen LogP contribution < -0.4 is 5.32 Å². The van der Waals surface area contributed by atoms with Crippen LogP contribution in [-0.2, 0) is 4.79 Å². The molecule has 1 amide bonds. The fourth-order valence-electron chi connectivity index (χ4n) is 2.95. The van der Waals surface area contributed by atoms with Crippen molar-refractivity contribution in [3.05, 3.63) is 66.0 Å². The van der Waals surface area contributed by atoms with E-state index in [2.05, 4.69) is 16.3 Å². The Kier molecular flexibility index (Phi) is 5.14. The van der Waals surface area contributed by atoms with Crippen molar-refractivity contribution in [2.75, 3.05) is 18.4 Å². The lowest BCUT2D eigenvalue weighted by Crippen LogP contribution is -2.44. The van der Waals surface area contributed by atoms with Crippen LogP contribution in [0.1, 0.15) is 18.9 Å². The van der Waals surface area contributed by atoms with E-state index >= 15 is 0 Å². The minimum atomic E-state index is -0.370. The zero-order valence-corrected chi connectivity index (χ0v) is 14.1. The number of carbonyl (C=O) groups excluding carboxylic acids is 1. The van der Waals surface area contributed by atoms with Gasteiger partial charge in [-0.05, 0) is 54.8 Å². The van der Waals surface area contributed by atoms with Crippen LogP contribution in [0.25, 0.3) is 5.57 Å². The molecule has 2 N–H and O–H groups in total. The fraction of sp³-hybridized carbons (Fsp3) is 0.250. The predicted molar refractivity (Wildman–Crippen MR) is 96.8 cm³/mol. The third kappa shape index (κ3) is 4.25. The van der Waals surface area contributed by atoms with Crippen molar-refractivity contribution in [3.8, 4) is 5.75 Å². The average molecular weight is 340 g/mol. The quantitative estimate of drug-likeness (QED) is 0.893. The molecular formula is C20H21FN2O2. The summed E-state index contributed by atoms with van der Waals surface area (Å²) in [5.41, 5.74) is 2.78. The molecule has 1 aliphatic rings. The van der Waals surface area contributed by atoms with Crippen LogP contribution in [0.5, 0.6) is 5.75 Å². The van der Waals surface area contributed by atoms with E-state index in [9.17, 15) is 14.3 Å². The summed E-state index contributed by atoms with van der Waals surface area (Å²) in [4.78, 5) is 14.5. The molecule has 0 spiro atoms. The monoisotopic (exact) mass is 340 g/mol. The number of rotatable bonds is 4. The minimum Gasteiger partial charge on any atom is -0.508 e. The molecule has 1 aliphatic heterocycles. The Morgan fingerprint density at radius 2 is 2.00 bits per heavy atom. The molecular weight excluding hydrogens is 319 g/mol. The minimum absolute atomic E-state index is 0.146. The standard InChI is InChI=1S/C20H21FN2O2/c1-14(20(25)22-18-4-2-3-17(21)13-18)23-11-9-16(10-12-23)15-5-7-19(24)8-6-15/h2-9,13-14,24H,10-12H2,1H3,(H,22,25). The first-order valence-corrected chi connectivity index (χ1v) is 8.32. The molecule has 0 aliphatic carbocycles. The van der Waals surface area contributed by atoms with Gasteiger partial charge >= 0.3 is 0 Å². The number of aromatic hydroxyl groups is 1. The Hall–Kier alpha value is -2.66. The zero-order valence-electron chi connectivity index (χ0n) is 14.1. The van der Waals surface area contributed by atoms with Crippen molar-refractivity contribution in [2.45, 2.75) is 19.4 Å². The molecule has 1 heterocycles. The lowest BCUT2D eigenvalue weighted by molar-refractivity contribution is -0.120. The Balaban J connectivity index is 1.61. The molecule has 1 unspecified atom stereocenters. The van der Waals surface area contributed by atoms with Crippen molar-refractivity contribution in [1.82, 2.24) is 4.90 Å². The maximum absolute atomic E-state index is 13.2. The molecule has 0 aromatic heterocycles. The number of phenolic OH excluding ortho intramolecular Hbond substituents is 1. The van der Waals surface area contributed by atoms with Gasteiger partial charge in [-0.2, -0.15) is 0 Å². The molecule has 1 atom stereocenters. The summed E-state index contributed by atoms with van der Waals surface area (Å²) in [6, 6.07) is 12.8. The molecule has 0 bridgehead atoms. The van der Waals surface area contributed by atoms with Crippen molar-refractivity contribution < 1.29 is 14.3 Å². The molecule has 0 saturated carbocycles. The van der Waals surface area contributed by atoms with Crippen LogP contribution in [0.4, 0.5) is 10.1 Å². The van der Waals surface area contributed by atoms with Crippen LogP contribution >= 0.6 is 0 Å². The number of halogens is 1. The highest BCUT2D eigenvalue weighted by Gasteiger charge is 2.23. The number of nitrogens with one attached hydrogen (secondary N) is 1. The van der Waals surface area contributed by atoms with Crippen molar-refractivity contribution in [2.24, 2.45) is 0 Å². The summed E-state index contributed by atoms with van der Waals surface area (Å²) in [6.07, 6.45) is 2.95. The number of anilines is 1. The van der Waals surface area contributed by atoms with Gasteiger partial charge in [-0.1, -0.05) is 24.3 Å². The normalized spacial score (nSPS) is 16.2. The van der Waals surface area contributed by atoms with Gasteiger partial charge in [0.25, 0.3) is 0 Å². The SMILES string of the molecule is CC(C(=O)Nc1cccc(F)c1)N1CC=C(c2ccc(O)cc2)CC1. The van der Waals surface area contributed by atoms with Gasteiger partial charge in [-0.15, -0.1) is 0 Å². The van der Waals surface area contributed by atoms with E-state index in [1.165, 1.54) is 17.7 Å². The third-order valence-corrected chi connectivity index (χ3v) is 4.50. The molecule has 0 saturated heterocycles. The summed E-state index contributed by atoms with van der Waals surface area (Å²) in [5.74, 6) is -0.263. The van der Waals surface area contributed by atoms with Gasteiger partial charge in [0, 0.05) is 18.8 Å².